The minimum absolute atomic E-state index is 0.0157. The summed E-state index contributed by atoms with van der Waals surface area (Å²) in [4.78, 5) is 36.2. The van der Waals surface area contributed by atoms with Crippen LogP contribution >= 0.6 is 0 Å². The van der Waals surface area contributed by atoms with Gasteiger partial charge < -0.3 is 14.8 Å². The maximum atomic E-state index is 12.7. The largest absolute Gasteiger partial charge is 0.490 e. The normalized spacial score (nSPS) is 16.0. The number of benzene rings is 1. The first-order valence-corrected chi connectivity index (χ1v) is 7.48. The second kappa shape index (κ2) is 7.29. The highest BCUT2D eigenvalue weighted by atomic mass is 19.1. The van der Waals surface area contributed by atoms with Gasteiger partial charge in [-0.25, -0.2) is 9.18 Å². The van der Waals surface area contributed by atoms with Crippen LogP contribution in [0.25, 0.3) is 0 Å². The number of carbonyl (C=O) groups excluding carboxylic acids is 3. The average molecular weight is 338 g/mol. The number of urea groups is 1. The van der Waals surface area contributed by atoms with Gasteiger partial charge in [0.1, 0.15) is 30.3 Å². The second-order valence-corrected chi connectivity index (χ2v) is 5.78. The molecule has 2 rings (SSSR count). The van der Waals surface area contributed by atoms with Gasteiger partial charge in [-0.2, -0.15) is 0 Å². The van der Waals surface area contributed by atoms with Crippen LogP contribution in [0.5, 0.6) is 5.75 Å². The van der Waals surface area contributed by atoms with E-state index in [-0.39, 0.29) is 37.9 Å². The maximum absolute atomic E-state index is 12.7. The molecule has 0 atom stereocenters. The van der Waals surface area contributed by atoms with Crippen LogP contribution in [-0.4, -0.2) is 48.1 Å². The molecule has 0 aliphatic carbocycles. The first-order valence-electron chi connectivity index (χ1n) is 7.48. The first-order chi connectivity index (χ1) is 11.3. The zero-order chi connectivity index (χ0) is 17.7. The van der Waals surface area contributed by atoms with Crippen LogP contribution in [0.1, 0.15) is 20.3 Å². The second-order valence-electron chi connectivity index (χ2n) is 5.78. The van der Waals surface area contributed by atoms with Gasteiger partial charge in [0, 0.05) is 6.54 Å². The molecule has 1 saturated heterocycles. The molecule has 8 heteroatoms. The molecule has 1 fully saturated rings. The van der Waals surface area contributed by atoms with E-state index < -0.39 is 17.5 Å². The lowest BCUT2D eigenvalue weighted by molar-refractivity contribution is -0.144. The predicted molar refractivity (Wildman–Crippen MR) is 81.8 cm³/mol. The highest BCUT2D eigenvalue weighted by Crippen LogP contribution is 2.16. The molecule has 24 heavy (non-hydrogen) atoms. The number of nitrogens with one attached hydrogen (secondary N) is 1. The van der Waals surface area contributed by atoms with Crippen molar-refractivity contribution in [1.29, 1.82) is 0 Å². The highest BCUT2D eigenvalue weighted by molar-refractivity contribution is 6.06. The smallest absolute Gasteiger partial charge is 0.325 e. The number of amides is 3. The first kappa shape index (κ1) is 17.7. The molecular formula is C16H19FN2O5. The van der Waals surface area contributed by atoms with E-state index in [1.165, 1.54) is 24.3 Å². The molecule has 1 heterocycles. The fourth-order valence-corrected chi connectivity index (χ4v) is 2.14. The molecule has 0 spiro atoms. The van der Waals surface area contributed by atoms with Crippen molar-refractivity contribution in [3.63, 3.8) is 0 Å². The SMILES string of the molecule is CC1(C)NC(=O)N(CCC(=O)OCCOc2ccc(F)cc2)C1=O. The van der Waals surface area contributed by atoms with Gasteiger partial charge in [0.15, 0.2) is 0 Å². The third-order valence-corrected chi connectivity index (χ3v) is 3.41. The number of imide groups is 1. The van der Waals surface area contributed by atoms with Crippen LogP contribution in [0.4, 0.5) is 9.18 Å². The van der Waals surface area contributed by atoms with Crippen molar-refractivity contribution in [3.05, 3.63) is 30.1 Å². The number of hydrogen-bond donors (Lipinski definition) is 1. The Labute approximate surface area is 138 Å². The minimum atomic E-state index is -0.954. The zero-order valence-electron chi connectivity index (χ0n) is 13.5. The number of esters is 1. The summed E-state index contributed by atoms with van der Waals surface area (Å²) in [5.74, 6) is -0.811. The third kappa shape index (κ3) is 4.43. The average Bonchev–Trinajstić information content (AvgIpc) is 2.72. The lowest BCUT2D eigenvalue weighted by Gasteiger charge is -2.15. The summed E-state index contributed by atoms with van der Waals surface area (Å²) in [5, 5.41) is 2.53. The molecule has 1 aromatic carbocycles. The summed E-state index contributed by atoms with van der Waals surface area (Å²) in [5.41, 5.74) is -0.954. The molecule has 1 N–H and O–H groups in total. The summed E-state index contributed by atoms with van der Waals surface area (Å²) in [6, 6.07) is 4.95. The van der Waals surface area contributed by atoms with Crippen molar-refractivity contribution in [1.82, 2.24) is 10.2 Å². The molecule has 130 valence electrons. The number of rotatable bonds is 7. The van der Waals surface area contributed by atoms with Crippen molar-refractivity contribution in [2.75, 3.05) is 19.8 Å². The number of ether oxygens (including phenoxy) is 2. The molecule has 0 aromatic heterocycles. The van der Waals surface area contributed by atoms with Crippen molar-refractivity contribution >= 4 is 17.9 Å². The van der Waals surface area contributed by atoms with E-state index in [0.29, 0.717) is 5.75 Å². The predicted octanol–water partition coefficient (Wildman–Crippen LogP) is 1.47. The molecule has 1 aliphatic heterocycles. The molecule has 1 aromatic rings. The van der Waals surface area contributed by atoms with Gasteiger partial charge in [0.2, 0.25) is 0 Å². The highest BCUT2D eigenvalue weighted by Gasteiger charge is 2.44. The fraction of sp³-hybridized carbons (Fsp3) is 0.438. The van der Waals surface area contributed by atoms with Gasteiger partial charge in [0.25, 0.3) is 5.91 Å². The van der Waals surface area contributed by atoms with Crippen molar-refractivity contribution < 1.29 is 28.2 Å². The number of hydrogen-bond acceptors (Lipinski definition) is 5. The molecule has 0 bridgehead atoms. The van der Waals surface area contributed by atoms with Gasteiger partial charge >= 0.3 is 12.0 Å². The number of halogens is 1. The monoisotopic (exact) mass is 338 g/mol. The minimum Gasteiger partial charge on any atom is -0.490 e. The van der Waals surface area contributed by atoms with E-state index in [1.54, 1.807) is 13.8 Å². The van der Waals surface area contributed by atoms with Gasteiger partial charge in [-0.1, -0.05) is 0 Å². The number of carbonyl (C=O) groups is 3. The molecule has 1 aliphatic rings. The summed E-state index contributed by atoms with van der Waals surface area (Å²) in [6.45, 7) is 3.29. The zero-order valence-corrected chi connectivity index (χ0v) is 13.5. The summed E-state index contributed by atoms with van der Waals surface area (Å²) in [6.07, 6.45) is -0.0915. The Morgan fingerprint density at radius 3 is 2.46 bits per heavy atom. The van der Waals surface area contributed by atoms with Crippen molar-refractivity contribution in [3.8, 4) is 5.75 Å². The van der Waals surface area contributed by atoms with Crippen molar-refractivity contribution in [2.24, 2.45) is 0 Å². The van der Waals surface area contributed by atoms with E-state index in [1.807, 2.05) is 0 Å². The van der Waals surface area contributed by atoms with E-state index >= 15 is 0 Å². The van der Waals surface area contributed by atoms with Crippen molar-refractivity contribution in [2.45, 2.75) is 25.8 Å². The summed E-state index contributed by atoms with van der Waals surface area (Å²) >= 11 is 0. The lowest BCUT2D eigenvalue weighted by atomic mass is 10.1. The topological polar surface area (TPSA) is 84.9 Å². The standard InChI is InChI=1S/C16H19FN2O5/c1-16(2)14(21)19(15(22)18-16)8-7-13(20)24-10-9-23-12-5-3-11(17)4-6-12/h3-6H,7-10H2,1-2H3,(H,18,22). The maximum Gasteiger partial charge on any atom is 0.325 e. The summed E-state index contributed by atoms with van der Waals surface area (Å²) < 4.78 is 23.0. The van der Waals surface area contributed by atoms with Gasteiger partial charge in [-0.3, -0.25) is 14.5 Å². The molecular weight excluding hydrogens is 319 g/mol. The van der Waals surface area contributed by atoms with Crippen LogP contribution in [0.15, 0.2) is 24.3 Å². The summed E-state index contributed by atoms with van der Waals surface area (Å²) in [7, 11) is 0. The van der Waals surface area contributed by atoms with E-state index in [2.05, 4.69) is 5.32 Å². The Hall–Kier alpha value is -2.64. The Morgan fingerprint density at radius 2 is 1.88 bits per heavy atom. The Kier molecular flexibility index (Phi) is 5.38. The van der Waals surface area contributed by atoms with Crippen LogP contribution in [0.2, 0.25) is 0 Å². The third-order valence-electron chi connectivity index (χ3n) is 3.41. The molecule has 0 saturated carbocycles. The quantitative estimate of drug-likeness (QED) is 0.462. The van der Waals surface area contributed by atoms with Gasteiger partial charge in [-0.05, 0) is 38.1 Å². The van der Waals surface area contributed by atoms with E-state index in [0.717, 1.165) is 4.90 Å². The molecule has 0 radical (unpaired) electrons. The molecule has 7 nitrogen and oxygen atoms in total. The van der Waals surface area contributed by atoms with Crippen LogP contribution in [0, 0.1) is 5.82 Å². The molecule has 3 amide bonds. The van der Waals surface area contributed by atoms with Gasteiger partial charge in [0.05, 0.1) is 6.42 Å². The Morgan fingerprint density at radius 1 is 1.21 bits per heavy atom. The Bertz CT molecular complexity index is 630. The number of nitrogens with zero attached hydrogens (tertiary/aromatic N) is 1. The van der Waals surface area contributed by atoms with Crippen LogP contribution in [-0.2, 0) is 14.3 Å². The fourth-order valence-electron chi connectivity index (χ4n) is 2.14. The van der Waals surface area contributed by atoms with Crippen LogP contribution < -0.4 is 10.1 Å². The van der Waals surface area contributed by atoms with Gasteiger partial charge in [-0.15, -0.1) is 0 Å². The van der Waals surface area contributed by atoms with E-state index in [4.69, 9.17) is 9.47 Å². The Balaban J connectivity index is 1.66. The lowest BCUT2D eigenvalue weighted by Crippen LogP contribution is -2.40. The molecule has 0 unspecified atom stereocenters. The van der Waals surface area contributed by atoms with Crippen LogP contribution in [0.3, 0.4) is 0 Å². The van der Waals surface area contributed by atoms with E-state index in [9.17, 15) is 18.8 Å².